The second-order valence-corrected chi connectivity index (χ2v) is 11.1. The van der Waals surface area contributed by atoms with E-state index in [1.807, 2.05) is 30.0 Å². The number of aromatic amines is 1. The van der Waals surface area contributed by atoms with Crippen molar-refractivity contribution in [3.8, 4) is 17.0 Å². The van der Waals surface area contributed by atoms with Gasteiger partial charge in [0.05, 0.1) is 15.6 Å². The van der Waals surface area contributed by atoms with E-state index in [0.717, 1.165) is 30.5 Å². The van der Waals surface area contributed by atoms with E-state index in [1.165, 1.54) is 18.5 Å². The van der Waals surface area contributed by atoms with E-state index in [4.69, 9.17) is 27.9 Å². The zero-order valence-corrected chi connectivity index (χ0v) is 22.7. The third kappa shape index (κ3) is 5.23. The number of halogens is 3. The molecule has 0 amide bonds. The molecule has 2 N–H and O–H groups in total. The van der Waals surface area contributed by atoms with Gasteiger partial charge in [0, 0.05) is 66.2 Å². The maximum atomic E-state index is 15.2. The second kappa shape index (κ2) is 10.1. The highest BCUT2D eigenvalue weighted by molar-refractivity contribution is 6.35. The molecule has 0 bridgehead atoms. The van der Waals surface area contributed by atoms with Crippen molar-refractivity contribution < 1.29 is 9.13 Å². The van der Waals surface area contributed by atoms with Crippen LogP contribution < -0.4 is 15.0 Å². The van der Waals surface area contributed by atoms with Crippen molar-refractivity contribution >= 4 is 39.9 Å². The Morgan fingerprint density at radius 2 is 1.86 bits per heavy atom. The summed E-state index contributed by atoms with van der Waals surface area (Å²) in [6.07, 6.45) is 4.33. The summed E-state index contributed by atoms with van der Waals surface area (Å²) >= 11 is 12.6. The molecule has 4 heterocycles. The first-order chi connectivity index (χ1) is 17.6. The molecule has 1 saturated heterocycles. The number of hydrogen-bond donors (Lipinski definition) is 2. The Hall–Kier alpha value is -2.94. The number of aromatic nitrogens is 4. The third-order valence-electron chi connectivity index (χ3n) is 6.62. The topological polar surface area (TPSA) is 79.0 Å². The van der Waals surface area contributed by atoms with Crippen molar-refractivity contribution in [3.05, 3.63) is 64.3 Å². The number of hydrogen-bond acceptors (Lipinski definition) is 6. The summed E-state index contributed by atoms with van der Waals surface area (Å²) in [6.45, 7) is 10.7. The van der Waals surface area contributed by atoms with Crippen molar-refractivity contribution in [2.45, 2.75) is 39.8 Å². The Labute approximate surface area is 225 Å². The van der Waals surface area contributed by atoms with Gasteiger partial charge in [-0.3, -0.25) is 10.1 Å². The fourth-order valence-corrected chi connectivity index (χ4v) is 5.41. The van der Waals surface area contributed by atoms with Crippen molar-refractivity contribution in [2.75, 3.05) is 24.5 Å². The number of benzene rings is 1. The fraction of sp³-hybridized carbons (Fsp3) is 0.370. The molecule has 4 aromatic rings. The Balaban J connectivity index is 1.35. The molecule has 1 aliphatic rings. The molecular formula is C27H29Cl2FN6O. The van der Waals surface area contributed by atoms with Crippen LogP contribution >= 0.6 is 23.2 Å². The van der Waals surface area contributed by atoms with E-state index in [0.29, 0.717) is 44.5 Å². The Bertz CT molecular complexity index is 1420. The number of fused-ring (bicyclic) bond motifs is 1. The normalized spacial score (nSPS) is 15.7. The standard InChI is InChI=1S/C27H29Cl2FN6O/c1-15(2)33-12-27(4)13-36(14-27)26-22(30)7-17(9-32-26)25-19-8-18(5-6-23(19)34-35-25)37-16(3)24-20(28)10-31-11-21(24)29/h5-11,15-16,33H,12-14H2,1-4H3,(H,34,35)/t16-/m1/s1. The molecule has 1 atom stereocenters. The zero-order valence-electron chi connectivity index (χ0n) is 21.1. The van der Waals surface area contributed by atoms with Crippen LogP contribution in [0.25, 0.3) is 22.2 Å². The summed E-state index contributed by atoms with van der Waals surface area (Å²) in [5, 5.41) is 12.6. The lowest BCUT2D eigenvalue weighted by molar-refractivity contribution is 0.223. The van der Waals surface area contributed by atoms with Crippen molar-refractivity contribution in [2.24, 2.45) is 5.41 Å². The van der Waals surface area contributed by atoms with E-state index in [9.17, 15) is 0 Å². The second-order valence-electron chi connectivity index (χ2n) is 10.3. The average molecular weight is 543 g/mol. The summed E-state index contributed by atoms with van der Waals surface area (Å²) in [7, 11) is 0. The minimum absolute atomic E-state index is 0.105. The van der Waals surface area contributed by atoms with Crippen LogP contribution in [0.1, 0.15) is 39.4 Å². The lowest BCUT2D eigenvalue weighted by atomic mass is 9.81. The maximum absolute atomic E-state index is 15.2. The molecule has 7 nitrogen and oxygen atoms in total. The van der Waals surface area contributed by atoms with Gasteiger partial charge in [0.1, 0.15) is 17.5 Å². The first-order valence-electron chi connectivity index (χ1n) is 12.2. The van der Waals surface area contributed by atoms with Crippen LogP contribution in [0.5, 0.6) is 5.75 Å². The van der Waals surface area contributed by atoms with Gasteiger partial charge < -0.3 is 15.0 Å². The van der Waals surface area contributed by atoms with E-state index < -0.39 is 6.10 Å². The molecule has 1 aliphatic heterocycles. The molecule has 1 aromatic carbocycles. The summed E-state index contributed by atoms with van der Waals surface area (Å²) in [4.78, 5) is 10.4. The van der Waals surface area contributed by atoms with E-state index in [2.05, 4.69) is 46.3 Å². The van der Waals surface area contributed by atoms with Gasteiger partial charge >= 0.3 is 0 Å². The zero-order chi connectivity index (χ0) is 26.3. The monoisotopic (exact) mass is 542 g/mol. The Kier molecular flexibility index (Phi) is 7.00. The van der Waals surface area contributed by atoms with Gasteiger partial charge in [0.2, 0.25) is 0 Å². The molecule has 5 rings (SSSR count). The van der Waals surface area contributed by atoms with Crippen LogP contribution in [0.4, 0.5) is 10.2 Å². The average Bonchev–Trinajstić information content (AvgIpc) is 3.24. The smallest absolute Gasteiger partial charge is 0.166 e. The molecule has 3 aromatic heterocycles. The predicted molar refractivity (Wildman–Crippen MR) is 146 cm³/mol. The number of rotatable bonds is 8. The van der Waals surface area contributed by atoms with Crippen LogP contribution in [-0.2, 0) is 0 Å². The molecule has 0 radical (unpaired) electrons. The molecule has 10 heteroatoms. The van der Waals surface area contributed by atoms with Crippen molar-refractivity contribution in [3.63, 3.8) is 0 Å². The van der Waals surface area contributed by atoms with Gasteiger partial charge in [-0.05, 0) is 31.2 Å². The first kappa shape index (κ1) is 25.7. The molecular weight excluding hydrogens is 514 g/mol. The van der Waals surface area contributed by atoms with Crippen LogP contribution in [0, 0.1) is 11.2 Å². The molecule has 0 spiro atoms. The number of nitrogens with zero attached hydrogens (tertiary/aromatic N) is 4. The van der Waals surface area contributed by atoms with Crippen LogP contribution in [0.15, 0.2) is 42.9 Å². The number of pyridine rings is 2. The number of H-pyrrole nitrogens is 1. The van der Waals surface area contributed by atoms with Gasteiger partial charge in [-0.1, -0.05) is 44.0 Å². The van der Waals surface area contributed by atoms with Crippen LogP contribution in [0.3, 0.4) is 0 Å². The molecule has 0 unspecified atom stereocenters. The van der Waals surface area contributed by atoms with E-state index in [-0.39, 0.29) is 11.2 Å². The number of anilines is 1. The fourth-order valence-electron chi connectivity index (χ4n) is 4.74. The number of nitrogens with one attached hydrogen (secondary N) is 2. The molecule has 1 fully saturated rings. The Morgan fingerprint density at radius 1 is 1.14 bits per heavy atom. The highest BCUT2D eigenvalue weighted by atomic mass is 35.5. The Morgan fingerprint density at radius 3 is 2.54 bits per heavy atom. The molecule has 0 aliphatic carbocycles. The minimum atomic E-state index is -0.410. The molecule has 0 saturated carbocycles. The quantitative estimate of drug-likeness (QED) is 0.267. The van der Waals surface area contributed by atoms with Crippen LogP contribution in [0.2, 0.25) is 10.0 Å². The number of ether oxygens (including phenoxy) is 1. The van der Waals surface area contributed by atoms with Gasteiger partial charge in [0.25, 0.3) is 0 Å². The summed E-state index contributed by atoms with van der Waals surface area (Å²) in [5.41, 5.74) is 2.75. The largest absolute Gasteiger partial charge is 0.486 e. The van der Waals surface area contributed by atoms with Gasteiger partial charge in [-0.15, -0.1) is 0 Å². The highest BCUT2D eigenvalue weighted by Gasteiger charge is 2.40. The van der Waals surface area contributed by atoms with E-state index >= 15 is 4.39 Å². The van der Waals surface area contributed by atoms with Gasteiger partial charge in [-0.25, -0.2) is 9.37 Å². The molecule has 194 valence electrons. The van der Waals surface area contributed by atoms with Crippen molar-refractivity contribution in [1.82, 2.24) is 25.5 Å². The summed E-state index contributed by atoms with van der Waals surface area (Å²) in [5.74, 6) is 0.608. The maximum Gasteiger partial charge on any atom is 0.166 e. The lowest BCUT2D eigenvalue weighted by Crippen LogP contribution is -2.60. The SMILES string of the molecule is CC(C)NCC1(C)CN(c2ncc(-c3n[nH]c4ccc(O[C@H](C)c5c(Cl)cncc5Cl)cc34)cc2F)C1. The first-order valence-corrected chi connectivity index (χ1v) is 13.0. The van der Waals surface area contributed by atoms with Crippen LogP contribution in [-0.4, -0.2) is 45.8 Å². The molecule has 37 heavy (non-hydrogen) atoms. The van der Waals surface area contributed by atoms with Crippen molar-refractivity contribution in [1.29, 1.82) is 0 Å². The lowest BCUT2D eigenvalue weighted by Gasteiger charge is -2.49. The van der Waals surface area contributed by atoms with Gasteiger partial charge in [-0.2, -0.15) is 5.10 Å². The summed E-state index contributed by atoms with van der Waals surface area (Å²) < 4.78 is 21.3. The van der Waals surface area contributed by atoms with E-state index in [1.54, 1.807) is 6.20 Å². The minimum Gasteiger partial charge on any atom is -0.486 e. The highest BCUT2D eigenvalue weighted by Crippen LogP contribution is 2.37. The third-order valence-corrected chi connectivity index (χ3v) is 7.22. The van der Waals surface area contributed by atoms with Gasteiger partial charge in [0.15, 0.2) is 11.6 Å². The summed E-state index contributed by atoms with van der Waals surface area (Å²) in [6, 6.07) is 7.48. The predicted octanol–water partition coefficient (Wildman–Crippen LogP) is 6.43.